The van der Waals surface area contributed by atoms with Crippen LogP contribution in [0.15, 0.2) is 35.7 Å². The van der Waals surface area contributed by atoms with Crippen LogP contribution in [0.2, 0.25) is 0 Å². The standard InChI is InChI=1S/C9H9ClF4/c1-5(4-8(10)7(3)11)6(2)9(12,13)14/h4,6H,1,3H2,2H3/b8-4+. The van der Waals surface area contributed by atoms with Gasteiger partial charge in [0.05, 0.1) is 11.0 Å². The van der Waals surface area contributed by atoms with Gasteiger partial charge in [-0.2, -0.15) is 13.2 Å². The summed E-state index contributed by atoms with van der Waals surface area (Å²) >= 11 is 5.26. The Kier molecular flexibility index (Phi) is 4.39. The van der Waals surface area contributed by atoms with E-state index in [1.54, 1.807) is 0 Å². The Balaban J connectivity index is 4.67. The number of allylic oxidation sites excluding steroid dienone is 4. The maximum Gasteiger partial charge on any atom is 0.395 e. The molecule has 0 spiro atoms. The minimum atomic E-state index is -4.40. The van der Waals surface area contributed by atoms with E-state index in [1.165, 1.54) is 0 Å². The summed E-state index contributed by atoms with van der Waals surface area (Å²) in [4.78, 5) is 0. The lowest BCUT2D eigenvalue weighted by molar-refractivity contribution is -0.158. The summed E-state index contributed by atoms with van der Waals surface area (Å²) in [5.74, 6) is -2.74. The lowest BCUT2D eigenvalue weighted by Crippen LogP contribution is -2.20. The molecule has 80 valence electrons. The molecule has 0 saturated heterocycles. The zero-order valence-electron chi connectivity index (χ0n) is 7.46. The molecule has 0 heterocycles. The fraction of sp³-hybridized carbons (Fsp3) is 0.333. The van der Waals surface area contributed by atoms with Crippen LogP contribution in [0.3, 0.4) is 0 Å². The average Bonchev–Trinajstić information content (AvgIpc) is 2.00. The van der Waals surface area contributed by atoms with Gasteiger partial charge in [-0.3, -0.25) is 0 Å². The van der Waals surface area contributed by atoms with Gasteiger partial charge in [-0.1, -0.05) is 24.8 Å². The van der Waals surface area contributed by atoms with Crippen molar-refractivity contribution >= 4 is 11.6 Å². The van der Waals surface area contributed by atoms with E-state index in [4.69, 9.17) is 11.6 Å². The van der Waals surface area contributed by atoms with E-state index in [9.17, 15) is 17.6 Å². The summed E-state index contributed by atoms with van der Waals surface area (Å²) in [5.41, 5.74) is -0.304. The second-order valence-electron chi connectivity index (χ2n) is 2.74. The molecule has 0 fully saturated rings. The SMILES string of the molecule is C=C(F)/C(Cl)=C\C(=C)C(C)C(F)(F)F. The molecule has 1 unspecified atom stereocenters. The Morgan fingerprint density at radius 1 is 1.36 bits per heavy atom. The van der Waals surface area contributed by atoms with Gasteiger partial charge in [0.15, 0.2) is 0 Å². The fourth-order valence-corrected chi connectivity index (χ4v) is 0.716. The van der Waals surface area contributed by atoms with Crippen molar-refractivity contribution in [1.82, 2.24) is 0 Å². The smallest absolute Gasteiger partial charge is 0.206 e. The highest BCUT2D eigenvalue weighted by Crippen LogP contribution is 2.32. The zero-order chi connectivity index (χ0) is 11.5. The molecule has 0 aromatic heterocycles. The highest BCUT2D eigenvalue weighted by atomic mass is 35.5. The summed E-state index contributed by atoms with van der Waals surface area (Å²) in [6, 6.07) is 0. The molecule has 0 amide bonds. The van der Waals surface area contributed by atoms with E-state index in [2.05, 4.69) is 13.2 Å². The first-order chi connectivity index (χ1) is 6.16. The van der Waals surface area contributed by atoms with Crippen LogP contribution in [-0.2, 0) is 0 Å². The van der Waals surface area contributed by atoms with E-state index in [0.717, 1.165) is 13.0 Å². The van der Waals surface area contributed by atoms with Crippen LogP contribution in [0, 0.1) is 5.92 Å². The maximum absolute atomic E-state index is 12.3. The van der Waals surface area contributed by atoms with Crippen molar-refractivity contribution in [1.29, 1.82) is 0 Å². The molecule has 0 aromatic carbocycles. The van der Waals surface area contributed by atoms with Crippen LogP contribution < -0.4 is 0 Å². The highest BCUT2D eigenvalue weighted by molar-refractivity contribution is 6.31. The zero-order valence-corrected chi connectivity index (χ0v) is 8.21. The summed E-state index contributed by atoms with van der Waals surface area (Å²) in [6.07, 6.45) is -3.58. The molecule has 0 rings (SSSR count). The lowest BCUT2D eigenvalue weighted by atomic mass is 10.0. The molecule has 0 N–H and O–H groups in total. The third-order valence-corrected chi connectivity index (χ3v) is 1.93. The van der Waals surface area contributed by atoms with Crippen molar-refractivity contribution in [2.45, 2.75) is 13.1 Å². The molecule has 1 atom stereocenters. The van der Waals surface area contributed by atoms with Gasteiger partial charge in [-0.15, -0.1) is 0 Å². The minimum Gasteiger partial charge on any atom is -0.206 e. The quantitative estimate of drug-likeness (QED) is 0.498. The summed E-state index contributed by atoms with van der Waals surface area (Å²) < 4.78 is 48.6. The van der Waals surface area contributed by atoms with Gasteiger partial charge in [0.1, 0.15) is 5.83 Å². The molecule has 0 aliphatic heterocycles. The molecule has 5 heteroatoms. The van der Waals surface area contributed by atoms with Crippen molar-refractivity contribution in [3.05, 3.63) is 35.7 Å². The van der Waals surface area contributed by atoms with Gasteiger partial charge in [0.2, 0.25) is 0 Å². The van der Waals surface area contributed by atoms with E-state index >= 15 is 0 Å². The van der Waals surface area contributed by atoms with E-state index in [-0.39, 0.29) is 5.57 Å². The lowest BCUT2D eigenvalue weighted by Gasteiger charge is -2.15. The second kappa shape index (κ2) is 4.64. The number of hydrogen-bond acceptors (Lipinski definition) is 0. The molecular weight excluding hydrogens is 220 g/mol. The molecule has 0 aliphatic rings. The van der Waals surface area contributed by atoms with Gasteiger partial charge in [-0.25, -0.2) is 4.39 Å². The van der Waals surface area contributed by atoms with Crippen LogP contribution in [0.4, 0.5) is 17.6 Å². The maximum atomic E-state index is 12.3. The monoisotopic (exact) mass is 228 g/mol. The Morgan fingerprint density at radius 2 is 1.79 bits per heavy atom. The topological polar surface area (TPSA) is 0 Å². The number of alkyl halides is 3. The normalized spacial score (nSPS) is 15.1. The number of hydrogen-bond donors (Lipinski definition) is 0. The highest BCUT2D eigenvalue weighted by Gasteiger charge is 2.37. The van der Waals surface area contributed by atoms with E-state index in [0.29, 0.717) is 0 Å². The Hall–Kier alpha value is -0.770. The first kappa shape index (κ1) is 13.2. The summed E-state index contributed by atoms with van der Waals surface area (Å²) in [5, 5.41) is -0.467. The fourth-order valence-electron chi connectivity index (χ4n) is 0.576. The first-order valence-corrected chi connectivity index (χ1v) is 4.01. The van der Waals surface area contributed by atoms with Crippen LogP contribution in [-0.4, -0.2) is 6.18 Å². The predicted octanol–water partition coefficient (Wildman–Crippen LogP) is 4.35. The van der Waals surface area contributed by atoms with Crippen LogP contribution >= 0.6 is 11.6 Å². The Morgan fingerprint density at radius 3 is 2.07 bits per heavy atom. The van der Waals surface area contributed by atoms with Gasteiger partial charge in [-0.05, 0) is 18.6 Å². The molecule has 0 aliphatic carbocycles. The molecule has 0 saturated carbocycles. The van der Waals surface area contributed by atoms with Crippen molar-refractivity contribution in [2.24, 2.45) is 5.92 Å². The average molecular weight is 229 g/mol. The first-order valence-electron chi connectivity index (χ1n) is 3.63. The largest absolute Gasteiger partial charge is 0.395 e. The molecular formula is C9H9ClF4. The second-order valence-corrected chi connectivity index (χ2v) is 3.14. The minimum absolute atomic E-state index is 0.304. The number of halogens is 5. The van der Waals surface area contributed by atoms with Gasteiger partial charge < -0.3 is 0 Å². The van der Waals surface area contributed by atoms with Crippen molar-refractivity contribution in [3.63, 3.8) is 0 Å². The van der Waals surface area contributed by atoms with Crippen molar-refractivity contribution in [3.8, 4) is 0 Å². The molecule has 14 heavy (non-hydrogen) atoms. The predicted molar refractivity (Wildman–Crippen MR) is 48.5 cm³/mol. The van der Waals surface area contributed by atoms with E-state index in [1.807, 2.05) is 0 Å². The van der Waals surface area contributed by atoms with E-state index < -0.39 is 23.0 Å². The molecule has 0 aromatic rings. The van der Waals surface area contributed by atoms with Crippen LogP contribution in [0.25, 0.3) is 0 Å². The van der Waals surface area contributed by atoms with Crippen LogP contribution in [0.1, 0.15) is 6.92 Å². The van der Waals surface area contributed by atoms with Crippen LogP contribution in [0.5, 0.6) is 0 Å². The Bertz CT molecular complexity index is 275. The van der Waals surface area contributed by atoms with Gasteiger partial charge in [0, 0.05) is 0 Å². The van der Waals surface area contributed by atoms with Crippen molar-refractivity contribution < 1.29 is 17.6 Å². The molecule has 0 nitrogen and oxygen atoms in total. The molecule has 0 bridgehead atoms. The summed E-state index contributed by atoms with van der Waals surface area (Å²) in [6.45, 7) is 6.92. The third-order valence-electron chi connectivity index (χ3n) is 1.62. The number of rotatable bonds is 3. The third kappa shape index (κ3) is 3.96. The Labute approximate surface area is 84.6 Å². The van der Waals surface area contributed by atoms with Crippen molar-refractivity contribution in [2.75, 3.05) is 0 Å². The summed E-state index contributed by atoms with van der Waals surface area (Å²) in [7, 11) is 0. The van der Waals surface area contributed by atoms with Gasteiger partial charge >= 0.3 is 6.18 Å². The molecule has 0 radical (unpaired) electrons. The van der Waals surface area contributed by atoms with Gasteiger partial charge in [0.25, 0.3) is 0 Å².